The first-order chi connectivity index (χ1) is 13.0. The number of benzene rings is 1. The molecule has 7 heteroatoms. The number of aromatic nitrogens is 2. The molecule has 0 unspecified atom stereocenters. The second-order valence-corrected chi connectivity index (χ2v) is 7.27. The van der Waals surface area contributed by atoms with Crippen LogP contribution in [-0.2, 0) is 29.1 Å². The topological polar surface area (TPSA) is 76.9 Å². The Bertz CT molecular complexity index is 910. The Morgan fingerprint density at radius 3 is 2.74 bits per heavy atom. The van der Waals surface area contributed by atoms with Gasteiger partial charge in [-0.05, 0) is 31.5 Å². The van der Waals surface area contributed by atoms with Crippen LogP contribution in [0.2, 0.25) is 0 Å². The molecule has 2 aromatic rings. The van der Waals surface area contributed by atoms with Gasteiger partial charge in [0, 0.05) is 31.1 Å². The van der Waals surface area contributed by atoms with Crippen molar-refractivity contribution in [2.45, 2.75) is 45.4 Å². The van der Waals surface area contributed by atoms with Gasteiger partial charge in [0.25, 0.3) is 5.91 Å². The highest BCUT2D eigenvalue weighted by Gasteiger charge is 2.44. The Balaban J connectivity index is 1.46. The minimum Gasteiger partial charge on any atom is -0.497 e. The van der Waals surface area contributed by atoms with E-state index in [1.54, 1.807) is 18.9 Å². The van der Waals surface area contributed by atoms with Gasteiger partial charge in [0.15, 0.2) is 0 Å². The van der Waals surface area contributed by atoms with Gasteiger partial charge in [-0.3, -0.25) is 4.79 Å². The van der Waals surface area contributed by atoms with Gasteiger partial charge in [-0.25, -0.2) is 9.97 Å². The van der Waals surface area contributed by atoms with Crippen LogP contribution in [0.1, 0.15) is 42.9 Å². The molecular weight excluding hydrogens is 344 g/mol. The number of methoxy groups -OCH3 is 1. The number of fused-ring (bicyclic) bond motifs is 1. The zero-order chi connectivity index (χ0) is 19.0. The summed E-state index contributed by atoms with van der Waals surface area (Å²) >= 11 is 0. The monoisotopic (exact) mass is 366 g/mol. The van der Waals surface area contributed by atoms with Crippen LogP contribution >= 0.6 is 0 Å². The largest absolute Gasteiger partial charge is 0.497 e. The quantitative estimate of drug-likeness (QED) is 0.831. The van der Waals surface area contributed by atoms with Gasteiger partial charge in [0.1, 0.15) is 11.6 Å². The van der Waals surface area contributed by atoms with E-state index in [1.165, 1.54) is 0 Å². The molecule has 0 spiro atoms. The standard InChI is InChI=1S/C20H22N4O3/c1-13-9-20(2,27-23-13)19(25)24-11-15-10-21-18(22-17(15)12-24)8-14-4-6-16(26-3)7-5-14/h4-7,10H,8-9,11-12H2,1-3H3/t20-/m1/s1. The van der Waals surface area contributed by atoms with Gasteiger partial charge in [0.2, 0.25) is 5.60 Å². The van der Waals surface area contributed by atoms with Crippen LogP contribution in [0.15, 0.2) is 35.6 Å². The van der Waals surface area contributed by atoms with Crippen molar-refractivity contribution < 1.29 is 14.4 Å². The Kier molecular flexibility index (Phi) is 4.30. The molecule has 7 nitrogen and oxygen atoms in total. The summed E-state index contributed by atoms with van der Waals surface area (Å²) in [6.07, 6.45) is 2.99. The summed E-state index contributed by atoms with van der Waals surface area (Å²) in [5, 5.41) is 3.94. The average molecular weight is 366 g/mol. The van der Waals surface area contributed by atoms with Crippen molar-refractivity contribution >= 4 is 11.6 Å². The molecule has 140 valence electrons. The van der Waals surface area contributed by atoms with Gasteiger partial charge in [-0.15, -0.1) is 0 Å². The number of carbonyl (C=O) groups is 1. The summed E-state index contributed by atoms with van der Waals surface area (Å²) in [6.45, 7) is 4.65. The van der Waals surface area contributed by atoms with Crippen LogP contribution in [0.4, 0.5) is 0 Å². The predicted molar refractivity (Wildman–Crippen MR) is 99.3 cm³/mol. The van der Waals surface area contributed by atoms with Crippen LogP contribution in [-0.4, -0.2) is 39.2 Å². The molecule has 2 aliphatic rings. The highest BCUT2D eigenvalue weighted by atomic mass is 16.7. The summed E-state index contributed by atoms with van der Waals surface area (Å²) in [5.41, 5.74) is 2.93. The first kappa shape index (κ1) is 17.5. The fourth-order valence-electron chi connectivity index (χ4n) is 3.53. The lowest BCUT2D eigenvalue weighted by Crippen LogP contribution is -2.45. The minimum atomic E-state index is -0.911. The second kappa shape index (κ2) is 6.64. The zero-order valence-electron chi connectivity index (χ0n) is 15.7. The Morgan fingerprint density at radius 2 is 2.07 bits per heavy atom. The van der Waals surface area contributed by atoms with Gasteiger partial charge >= 0.3 is 0 Å². The van der Waals surface area contributed by atoms with Crippen LogP contribution in [0.5, 0.6) is 5.75 Å². The smallest absolute Gasteiger partial charge is 0.270 e. The molecule has 1 aromatic carbocycles. The average Bonchev–Trinajstić information content (AvgIpc) is 3.25. The fraction of sp³-hybridized carbons (Fsp3) is 0.400. The molecule has 0 aliphatic carbocycles. The molecule has 0 N–H and O–H groups in total. The van der Waals surface area contributed by atoms with Crippen molar-refractivity contribution in [2.24, 2.45) is 5.16 Å². The molecule has 2 aliphatic heterocycles. The number of hydrogen-bond acceptors (Lipinski definition) is 6. The highest BCUT2D eigenvalue weighted by Crippen LogP contribution is 2.30. The maximum Gasteiger partial charge on any atom is 0.270 e. The maximum atomic E-state index is 12.9. The van der Waals surface area contributed by atoms with E-state index in [2.05, 4.69) is 15.1 Å². The van der Waals surface area contributed by atoms with Gasteiger partial charge in [-0.1, -0.05) is 17.3 Å². The Morgan fingerprint density at radius 1 is 1.30 bits per heavy atom. The first-order valence-corrected chi connectivity index (χ1v) is 8.94. The summed E-state index contributed by atoms with van der Waals surface area (Å²) in [7, 11) is 1.65. The molecule has 1 amide bonds. The Hall–Kier alpha value is -2.96. The van der Waals surface area contributed by atoms with Gasteiger partial charge in [0.05, 0.1) is 25.1 Å². The normalized spacial score (nSPS) is 20.9. The van der Waals surface area contributed by atoms with Gasteiger partial charge < -0.3 is 14.5 Å². The third-order valence-electron chi connectivity index (χ3n) is 4.96. The number of nitrogens with zero attached hydrogens (tertiary/aromatic N) is 4. The van der Waals surface area contributed by atoms with Crippen molar-refractivity contribution in [3.05, 3.63) is 53.1 Å². The van der Waals surface area contributed by atoms with Crippen LogP contribution in [0, 0.1) is 0 Å². The van der Waals surface area contributed by atoms with Crippen molar-refractivity contribution in [2.75, 3.05) is 7.11 Å². The maximum absolute atomic E-state index is 12.9. The summed E-state index contributed by atoms with van der Waals surface area (Å²) in [4.78, 5) is 29.2. The Labute approximate surface area is 158 Å². The van der Waals surface area contributed by atoms with E-state index in [0.29, 0.717) is 25.9 Å². The third-order valence-corrected chi connectivity index (χ3v) is 4.96. The van der Waals surface area contributed by atoms with Crippen LogP contribution in [0.3, 0.4) is 0 Å². The lowest BCUT2D eigenvalue weighted by molar-refractivity contribution is -0.153. The lowest BCUT2D eigenvalue weighted by Gasteiger charge is -2.26. The summed E-state index contributed by atoms with van der Waals surface area (Å²) < 4.78 is 5.18. The van der Waals surface area contributed by atoms with Crippen LogP contribution in [0.25, 0.3) is 0 Å². The molecular formula is C20H22N4O3. The molecule has 27 heavy (non-hydrogen) atoms. The van der Waals surface area contributed by atoms with Crippen molar-refractivity contribution in [1.82, 2.24) is 14.9 Å². The van der Waals surface area contributed by atoms with Crippen molar-refractivity contribution in [1.29, 1.82) is 0 Å². The van der Waals surface area contributed by atoms with E-state index < -0.39 is 5.60 Å². The number of ether oxygens (including phenoxy) is 1. The van der Waals surface area contributed by atoms with Crippen LogP contribution < -0.4 is 4.74 Å². The van der Waals surface area contributed by atoms with Gasteiger partial charge in [-0.2, -0.15) is 0 Å². The molecule has 0 radical (unpaired) electrons. The summed E-state index contributed by atoms with van der Waals surface area (Å²) in [6, 6.07) is 7.86. The fourth-order valence-corrected chi connectivity index (χ4v) is 3.53. The van der Waals surface area contributed by atoms with E-state index in [9.17, 15) is 4.79 Å². The number of carbonyl (C=O) groups excluding carboxylic acids is 1. The second-order valence-electron chi connectivity index (χ2n) is 7.27. The van der Waals surface area contributed by atoms with E-state index in [0.717, 1.165) is 34.1 Å². The predicted octanol–water partition coefficient (Wildman–Crippen LogP) is 2.47. The molecule has 1 atom stereocenters. The van der Waals surface area contributed by atoms with E-state index >= 15 is 0 Å². The molecule has 0 fully saturated rings. The highest BCUT2D eigenvalue weighted by molar-refractivity contribution is 5.94. The molecule has 0 saturated heterocycles. The van der Waals surface area contributed by atoms with E-state index in [4.69, 9.17) is 9.57 Å². The SMILES string of the molecule is COc1ccc(Cc2ncc3c(n2)CN(C(=O)[C@@]2(C)CC(C)=NO2)C3)cc1. The lowest BCUT2D eigenvalue weighted by atomic mass is 9.99. The van der Waals surface area contributed by atoms with Crippen molar-refractivity contribution in [3.8, 4) is 5.75 Å². The zero-order valence-corrected chi connectivity index (χ0v) is 15.7. The summed E-state index contributed by atoms with van der Waals surface area (Å²) in [5.74, 6) is 1.51. The number of amides is 1. The molecule has 3 heterocycles. The molecule has 0 bridgehead atoms. The number of oxime groups is 1. The molecule has 0 saturated carbocycles. The minimum absolute atomic E-state index is 0.0576. The third kappa shape index (κ3) is 3.37. The van der Waals surface area contributed by atoms with E-state index in [-0.39, 0.29) is 5.91 Å². The number of rotatable bonds is 4. The first-order valence-electron chi connectivity index (χ1n) is 8.94. The van der Waals surface area contributed by atoms with E-state index in [1.807, 2.05) is 37.4 Å². The number of hydrogen-bond donors (Lipinski definition) is 0. The van der Waals surface area contributed by atoms with Crippen molar-refractivity contribution in [3.63, 3.8) is 0 Å². The molecule has 4 rings (SSSR count). The molecule has 1 aromatic heterocycles.